The van der Waals surface area contributed by atoms with Crippen LogP contribution in [0.1, 0.15) is 13.8 Å². The average Bonchev–Trinajstić information content (AvgIpc) is 1.68. The third kappa shape index (κ3) is 23.7. The second-order valence-corrected chi connectivity index (χ2v) is 2.01. The monoisotopic (exact) mass is 191 g/mol. The molecule has 0 aromatic heterocycles. The van der Waals surface area contributed by atoms with Crippen molar-refractivity contribution in [3.63, 3.8) is 0 Å². The molecular weight excluding hydrogens is 177 g/mol. The Morgan fingerprint density at radius 1 is 1.60 bits per heavy atom. The SMILES string of the molecule is CC(O)C(N)Cl.CCO.Cl. The van der Waals surface area contributed by atoms with E-state index in [2.05, 4.69) is 0 Å². The molecule has 0 aromatic carbocycles. The molecule has 0 fully saturated rings. The average molecular weight is 192 g/mol. The number of hydrogen-bond donors (Lipinski definition) is 3. The molecule has 2 atom stereocenters. The second-order valence-electron chi connectivity index (χ2n) is 1.50. The molecule has 0 saturated heterocycles. The Hall–Kier alpha value is 0.460. The van der Waals surface area contributed by atoms with Crippen molar-refractivity contribution in [2.45, 2.75) is 25.5 Å². The smallest absolute Gasteiger partial charge is 0.106 e. The first-order chi connectivity index (χ1) is 4.06. The van der Waals surface area contributed by atoms with Crippen LogP contribution >= 0.6 is 24.0 Å². The van der Waals surface area contributed by atoms with Gasteiger partial charge in [-0.15, -0.1) is 24.0 Å². The Kier molecular flexibility index (Phi) is 20.5. The van der Waals surface area contributed by atoms with Gasteiger partial charge in [-0.05, 0) is 13.8 Å². The molecule has 0 saturated carbocycles. The summed E-state index contributed by atoms with van der Waals surface area (Å²) >= 11 is 5.14. The van der Waals surface area contributed by atoms with E-state index < -0.39 is 11.6 Å². The van der Waals surface area contributed by atoms with Crippen molar-refractivity contribution in [3.8, 4) is 0 Å². The molecule has 0 bridgehead atoms. The highest BCUT2D eigenvalue weighted by atomic mass is 35.5. The lowest BCUT2D eigenvalue weighted by Gasteiger charge is -2.02. The molecule has 10 heavy (non-hydrogen) atoms. The lowest BCUT2D eigenvalue weighted by Crippen LogP contribution is -2.25. The van der Waals surface area contributed by atoms with Crippen LogP contribution in [0.4, 0.5) is 0 Å². The largest absolute Gasteiger partial charge is 0.397 e. The fraction of sp³-hybridized carbons (Fsp3) is 1.00. The molecule has 0 heterocycles. The highest BCUT2D eigenvalue weighted by Gasteiger charge is 2.00. The molecule has 0 radical (unpaired) electrons. The summed E-state index contributed by atoms with van der Waals surface area (Å²) < 4.78 is 0. The van der Waals surface area contributed by atoms with Crippen LogP contribution in [0, 0.1) is 0 Å². The predicted octanol–water partition coefficient (Wildman–Crippen LogP) is 0.311. The summed E-state index contributed by atoms with van der Waals surface area (Å²) in [4.78, 5) is 0. The zero-order valence-corrected chi connectivity index (χ0v) is 7.69. The van der Waals surface area contributed by atoms with E-state index in [4.69, 9.17) is 27.5 Å². The first kappa shape index (κ1) is 16.8. The van der Waals surface area contributed by atoms with Crippen LogP contribution in [-0.2, 0) is 0 Å². The van der Waals surface area contributed by atoms with E-state index in [-0.39, 0.29) is 19.0 Å². The second kappa shape index (κ2) is 12.2. The minimum absolute atomic E-state index is 0. The Labute approximate surface area is 72.6 Å². The van der Waals surface area contributed by atoms with Crippen LogP contribution in [0.2, 0.25) is 0 Å². The Morgan fingerprint density at radius 2 is 1.70 bits per heavy atom. The first-order valence-electron chi connectivity index (χ1n) is 2.74. The fourth-order valence-corrected chi connectivity index (χ4v) is 0. The van der Waals surface area contributed by atoms with Gasteiger partial charge in [0.25, 0.3) is 0 Å². The van der Waals surface area contributed by atoms with E-state index in [0.717, 1.165) is 0 Å². The lowest BCUT2D eigenvalue weighted by molar-refractivity contribution is 0.191. The van der Waals surface area contributed by atoms with E-state index in [1.165, 1.54) is 6.92 Å². The molecule has 0 amide bonds. The van der Waals surface area contributed by atoms with Gasteiger partial charge in [0.15, 0.2) is 0 Å². The van der Waals surface area contributed by atoms with Gasteiger partial charge in [0, 0.05) is 6.61 Å². The molecule has 0 aliphatic carbocycles. The maximum atomic E-state index is 8.37. The molecule has 0 aromatic rings. The van der Waals surface area contributed by atoms with E-state index in [0.29, 0.717) is 0 Å². The van der Waals surface area contributed by atoms with Crippen molar-refractivity contribution in [1.29, 1.82) is 0 Å². The number of alkyl halides is 1. The number of halogens is 2. The summed E-state index contributed by atoms with van der Waals surface area (Å²) in [5, 5.41) is 15.9. The molecule has 0 spiro atoms. The van der Waals surface area contributed by atoms with Gasteiger partial charge in [0.05, 0.1) is 6.10 Å². The number of aliphatic hydroxyl groups excluding tert-OH is 2. The Morgan fingerprint density at radius 3 is 1.70 bits per heavy atom. The number of rotatable bonds is 1. The maximum absolute atomic E-state index is 8.37. The zero-order chi connectivity index (χ0) is 7.86. The fourth-order valence-electron chi connectivity index (χ4n) is 0. The van der Waals surface area contributed by atoms with Crippen molar-refractivity contribution >= 4 is 24.0 Å². The van der Waals surface area contributed by atoms with Crippen molar-refractivity contribution < 1.29 is 10.2 Å². The van der Waals surface area contributed by atoms with Gasteiger partial charge in [-0.25, -0.2) is 0 Å². The summed E-state index contributed by atoms with van der Waals surface area (Å²) in [7, 11) is 0. The van der Waals surface area contributed by atoms with E-state index in [1.807, 2.05) is 0 Å². The van der Waals surface area contributed by atoms with Crippen molar-refractivity contribution in [2.75, 3.05) is 6.61 Å². The van der Waals surface area contributed by atoms with Gasteiger partial charge in [-0.1, -0.05) is 0 Å². The highest BCUT2D eigenvalue weighted by molar-refractivity contribution is 6.20. The lowest BCUT2D eigenvalue weighted by atomic mass is 10.4. The van der Waals surface area contributed by atoms with Crippen LogP contribution in [0.3, 0.4) is 0 Å². The van der Waals surface area contributed by atoms with E-state index in [9.17, 15) is 0 Å². The molecule has 4 N–H and O–H groups in total. The summed E-state index contributed by atoms with van der Waals surface area (Å²) in [5.74, 6) is 0. The number of nitrogens with two attached hydrogens (primary N) is 1. The predicted molar refractivity (Wildman–Crippen MR) is 45.5 cm³/mol. The van der Waals surface area contributed by atoms with Crippen LogP contribution in [-0.4, -0.2) is 28.4 Å². The normalized spacial score (nSPS) is 13.8. The van der Waals surface area contributed by atoms with Crippen molar-refractivity contribution in [2.24, 2.45) is 5.73 Å². The van der Waals surface area contributed by atoms with Gasteiger partial charge < -0.3 is 15.9 Å². The standard InChI is InChI=1S/C3H8ClNO.C2H6O.ClH/c1-2(6)3(4)5;1-2-3;/h2-3,6H,5H2,1H3;3H,2H2,1H3;1H. The van der Waals surface area contributed by atoms with Crippen LogP contribution in [0.5, 0.6) is 0 Å². The van der Waals surface area contributed by atoms with Gasteiger partial charge in [-0.2, -0.15) is 0 Å². The van der Waals surface area contributed by atoms with Crippen LogP contribution < -0.4 is 5.73 Å². The molecule has 5 heteroatoms. The molecular formula is C5H15Cl2NO2. The summed E-state index contributed by atoms with van der Waals surface area (Å²) in [6.45, 7) is 3.47. The van der Waals surface area contributed by atoms with Gasteiger partial charge in [0.1, 0.15) is 5.50 Å². The van der Waals surface area contributed by atoms with Gasteiger partial charge in [-0.3, -0.25) is 0 Å². The third-order valence-corrected chi connectivity index (χ3v) is 0.826. The van der Waals surface area contributed by atoms with Crippen molar-refractivity contribution in [3.05, 3.63) is 0 Å². The van der Waals surface area contributed by atoms with Crippen molar-refractivity contribution in [1.82, 2.24) is 0 Å². The molecule has 0 rings (SSSR count). The zero-order valence-electron chi connectivity index (χ0n) is 6.12. The quantitative estimate of drug-likeness (QED) is 0.413. The number of hydrogen-bond acceptors (Lipinski definition) is 3. The molecule has 66 valence electrons. The third-order valence-electron chi connectivity index (χ3n) is 0.461. The minimum Gasteiger partial charge on any atom is -0.397 e. The van der Waals surface area contributed by atoms with Crippen LogP contribution in [0.25, 0.3) is 0 Å². The molecule has 3 nitrogen and oxygen atoms in total. The first-order valence-corrected chi connectivity index (χ1v) is 3.18. The summed E-state index contributed by atoms with van der Waals surface area (Å²) in [6.07, 6.45) is -0.605. The Bertz CT molecular complexity index is 46.9. The van der Waals surface area contributed by atoms with Crippen LogP contribution in [0.15, 0.2) is 0 Å². The summed E-state index contributed by atoms with van der Waals surface area (Å²) in [6, 6.07) is 0. The topological polar surface area (TPSA) is 66.5 Å². The molecule has 0 aliphatic heterocycles. The summed E-state index contributed by atoms with van der Waals surface area (Å²) in [5.41, 5.74) is 4.33. The van der Waals surface area contributed by atoms with E-state index >= 15 is 0 Å². The molecule has 0 aliphatic rings. The van der Waals surface area contributed by atoms with Gasteiger partial charge >= 0.3 is 0 Å². The number of aliphatic hydroxyl groups is 2. The Balaban J connectivity index is -0.000000107. The molecule has 2 unspecified atom stereocenters. The highest BCUT2D eigenvalue weighted by Crippen LogP contribution is 1.90. The maximum Gasteiger partial charge on any atom is 0.106 e. The minimum atomic E-state index is -0.620. The van der Waals surface area contributed by atoms with Gasteiger partial charge in [0.2, 0.25) is 0 Å². The van der Waals surface area contributed by atoms with E-state index in [1.54, 1.807) is 6.92 Å².